The minimum absolute atomic E-state index is 0.0695. The lowest BCUT2D eigenvalue weighted by atomic mass is 10.0. The molecule has 0 unspecified atom stereocenters. The maximum Gasteiger partial charge on any atom is 0.258 e. The number of carbonyl (C=O) groups excluding carboxylic acids is 1. The number of hydrogen-bond acceptors (Lipinski definition) is 5. The van der Waals surface area contributed by atoms with Crippen LogP contribution in [0, 0.1) is 6.92 Å². The van der Waals surface area contributed by atoms with Crippen LogP contribution in [-0.4, -0.2) is 22.7 Å². The number of nitrogens with zero attached hydrogens (tertiary/aromatic N) is 2. The van der Waals surface area contributed by atoms with Gasteiger partial charge in [0.1, 0.15) is 5.75 Å². The summed E-state index contributed by atoms with van der Waals surface area (Å²) >= 11 is 0. The second-order valence-corrected chi connectivity index (χ2v) is 6.66. The minimum atomic E-state index is -0.252. The van der Waals surface area contributed by atoms with E-state index >= 15 is 0 Å². The highest BCUT2D eigenvalue weighted by Crippen LogP contribution is 2.19. The number of ether oxygens (including phenoxy) is 1. The van der Waals surface area contributed by atoms with Gasteiger partial charge in [-0.1, -0.05) is 43.7 Å². The molecule has 3 rings (SSSR count). The molecular formula is C21H23N3O3. The van der Waals surface area contributed by atoms with Crippen molar-refractivity contribution < 1.29 is 13.9 Å². The highest BCUT2D eigenvalue weighted by molar-refractivity contribution is 5.77. The standard InChI is InChI=1S/C21H23N3O3/c1-14(2)16-8-10-18(11-9-16)26-13-19(25)22-12-20-23-24-21(27-20)17-6-4-15(3)5-7-17/h4-11,14H,12-13H2,1-3H3,(H,22,25). The van der Waals surface area contributed by atoms with E-state index in [-0.39, 0.29) is 19.1 Å². The average Bonchev–Trinajstić information content (AvgIpc) is 3.14. The van der Waals surface area contributed by atoms with E-state index in [0.29, 0.717) is 23.4 Å². The van der Waals surface area contributed by atoms with Gasteiger partial charge in [-0.15, -0.1) is 10.2 Å². The summed E-state index contributed by atoms with van der Waals surface area (Å²) in [6.45, 7) is 6.36. The predicted molar refractivity (Wildman–Crippen MR) is 102 cm³/mol. The highest BCUT2D eigenvalue weighted by atomic mass is 16.5. The van der Waals surface area contributed by atoms with Crippen LogP contribution < -0.4 is 10.1 Å². The molecule has 0 aliphatic carbocycles. The van der Waals surface area contributed by atoms with Crippen LogP contribution in [0.4, 0.5) is 0 Å². The summed E-state index contributed by atoms with van der Waals surface area (Å²) in [5.74, 6) is 1.65. The summed E-state index contributed by atoms with van der Waals surface area (Å²) in [4.78, 5) is 12.0. The zero-order valence-electron chi connectivity index (χ0n) is 15.7. The van der Waals surface area contributed by atoms with Crippen molar-refractivity contribution in [2.45, 2.75) is 33.2 Å². The van der Waals surface area contributed by atoms with Crippen molar-refractivity contribution in [3.8, 4) is 17.2 Å². The lowest BCUT2D eigenvalue weighted by Crippen LogP contribution is -2.28. The number of amides is 1. The maximum absolute atomic E-state index is 12.0. The lowest BCUT2D eigenvalue weighted by Gasteiger charge is -2.08. The zero-order chi connectivity index (χ0) is 19.2. The number of nitrogens with one attached hydrogen (secondary N) is 1. The Balaban J connectivity index is 1.47. The Hall–Kier alpha value is -3.15. The summed E-state index contributed by atoms with van der Waals surface area (Å²) in [6, 6.07) is 15.5. The fraction of sp³-hybridized carbons (Fsp3) is 0.286. The molecule has 1 amide bonds. The van der Waals surface area contributed by atoms with Crippen molar-refractivity contribution in [2.24, 2.45) is 0 Å². The van der Waals surface area contributed by atoms with E-state index in [0.717, 1.165) is 11.1 Å². The Morgan fingerprint density at radius 1 is 1.07 bits per heavy atom. The zero-order valence-corrected chi connectivity index (χ0v) is 15.7. The molecule has 0 radical (unpaired) electrons. The molecule has 6 heteroatoms. The minimum Gasteiger partial charge on any atom is -0.484 e. The number of aromatic nitrogens is 2. The fourth-order valence-corrected chi connectivity index (χ4v) is 2.46. The van der Waals surface area contributed by atoms with Crippen LogP contribution in [0.5, 0.6) is 5.75 Å². The van der Waals surface area contributed by atoms with Crippen LogP contribution in [0.3, 0.4) is 0 Å². The maximum atomic E-state index is 12.0. The molecule has 2 aromatic carbocycles. The van der Waals surface area contributed by atoms with Crippen LogP contribution in [0.25, 0.3) is 11.5 Å². The van der Waals surface area contributed by atoms with Gasteiger partial charge in [-0.2, -0.15) is 0 Å². The van der Waals surface area contributed by atoms with Gasteiger partial charge in [-0.25, -0.2) is 0 Å². The first kappa shape index (κ1) is 18.6. The van der Waals surface area contributed by atoms with Gasteiger partial charge in [0.05, 0.1) is 6.54 Å². The Bertz CT molecular complexity index is 884. The summed E-state index contributed by atoms with van der Waals surface area (Å²) in [7, 11) is 0. The molecule has 0 aliphatic heterocycles. The normalized spacial score (nSPS) is 10.8. The van der Waals surface area contributed by atoms with Crippen molar-refractivity contribution in [2.75, 3.05) is 6.61 Å². The Morgan fingerprint density at radius 3 is 2.44 bits per heavy atom. The van der Waals surface area contributed by atoms with E-state index in [1.807, 2.05) is 55.5 Å². The summed E-state index contributed by atoms with van der Waals surface area (Å²) in [6.07, 6.45) is 0. The number of rotatable bonds is 7. The van der Waals surface area contributed by atoms with Gasteiger partial charge in [0.15, 0.2) is 6.61 Å². The smallest absolute Gasteiger partial charge is 0.258 e. The quantitative estimate of drug-likeness (QED) is 0.688. The largest absolute Gasteiger partial charge is 0.484 e. The second kappa shape index (κ2) is 8.49. The third-order valence-electron chi connectivity index (χ3n) is 4.12. The summed E-state index contributed by atoms with van der Waals surface area (Å²) < 4.78 is 11.1. The van der Waals surface area contributed by atoms with Gasteiger partial charge in [0.2, 0.25) is 11.8 Å². The van der Waals surface area contributed by atoms with E-state index in [4.69, 9.17) is 9.15 Å². The second-order valence-electron chi connectivity index (χ2n) is 6.66. The first-order chi connectivity index (χ1) is 13.0. The molecule has 6 nitrogen and oxygen atoms in total. The predicted octanol–water partition coefficient (Wildman–Crippen LogP) is 3.86. The number of benzene rings is 2. The van der Waals surface area contributed by atoms with Crippen molar-refractivity contribution in [1.29, 1.82) is 0 Å². The molecular weight excluding hydrogens is 342 g/mol. The average molecular weight is 365 g/mol. The molecule has 0 saturated heterocycles. The van der Waals surface area contributed by atoms with E-state index in [2.05, 4.69) is 29.4 Å². The first-order valence-corrected chi connectivity index (χ1v) is 8.90. The Labute approximate surface area is 158 Å². The van der Waals surface area contributed by atoms with Gasteiger partial charge in [0.25, 0.3) is 5.91 Å². The van der Waals surface area contributed by atoms with Crippen LogP contribution in [0.15, 0.2) is 52.9 Å². The van der Waals surface area contributed by atoms with Crippen LogP contribution in [0.2, 0.25) is 0 Å². The van der Waals surface area contributed by atoms with Gasteiger partial charge >= 0.3 is 0 Å². The van der Waals surface area contributed by atoms with Gasteiger partial charge in [0, 0.05) is 5.56 Å². The van der Waals surface area contributed by atoms with Crippen molar-refractivity contribution in [3.63, 3.8) is 0 Å². The molecule has 0 spiro atoms. The molecule has 27 heavy (non-hydrogen) atoms. The van der Waals surface area contributed by atoms with Gasteiger partial charge in [-0.05, 0) is 42.7 Å². The topological polar surface area (TPSA) is 77.2 Å². The van der Waals surface area contributed by atoms with Gasteiger partial charge in [-0.3, -0.25) is 4.79 Å². The van der Waals surface area contributed by atoms with Crippen LogP contribution in [-0.2, 0) is 11.3 Å². The van der Waals surface area contributed by atoms with E-state index < -0.39 is 0 Å². The molecule has 1 N–H and O–H groups in total. The Morgan fingerprint density at radius 2 is 1.78 bits per heavy atom. The molecule has 3 aromatic rings. The van der Waals surface area contributed by atoms with Crippen LogP contribution in [0.1, 0.15) is 36.8 Å². The molecule has 0 aliphatic rings. The Kier molecular flexibility index (Phi) is 5.86. The van der Waals surface area contributed by atoms with E-state index in [9.17, 15) is 4.79 Å². The fourth-order valence-electron chi connectivity index (χ4n) is 2.46. The monoisotopic (exact) mass is 365 g/mol. The van der Waals surface area contributed by atoms with Crippen molar-refractivity contribution in [3.05, 3.63) is 65.5 Å². The molecule has 0 atom stereocenters. The SMILES string of the molecule is Cc1ccc(-c2nnc(CNC(=O)COc3ccc(C(C)C)cc3)o2)cc1. The third kappa shape index (κ3) is 5.17. The summed E-state index contributed by atoms with van der Waals surface area (Å²) in [5.41, 5.74) is 3.23. The number of carbonyl (C=O) groups is 1. The number of hydrogen-bond donors (Lipinski definition) is 1. The van der Waals surface area contributed by atoms with E-state index in [1.165, 1.54) is 5.56 Å². The molecule has 0 bridgehead atoms. The molecule has 0 fully saturated rings. The van der Waals surface area contributed by atoms with Crippen molar-refractivity contribution >= 4 is 5.91 Å². The molecule has 1 heterocycles. The lowest BCUT2D eigenvalue weighted by molar-refractivity contribution is -0.123. The molecule has 140 valence electrons. The van der Waals surface area contributed by atoms with Crippen LogP contribution >= 0.6 is 0 Å². The summed E-state index contributed by atoms with van der Waals surface area (Å²) in [5, 5.41) is 10.7. The van der Waals surface area contributed by atoms with Gasteiger partial charge < -0.3 is 14.5 Å². The van der Waals surface area contributed by atoms with E-state index in [1.54, 1.807) is 0 Å². The highest BCUT2D eigenvalue weighted by Gasteiger charge is 2.10. The first-order valence-electron chi connectivity index (χ1n) is 8.90. The third-order valence-corrected chi connectivity index (χ3v) is 4.12. The number of aryl methyl sites for hydroxylation is 1. The molecule has 0 saturated carbocycles. The van der Waals surface area contributed by atoms with Crippen molar-refractivity contribution in [1.82, 2.24) is 15.5 Å². The molecule has 1 aromatic heterocycles.